The summed E-state index contributed by atoms with van der Waals surface area (Å²) in [5.74, 6) is 0. The van der Waals surface area contributed by atoms with Crippen molar-refractivity contribution in [2.24, 2.45) is 5.73 Å². The number of nitrogen functional groups attached to an aromatic ring is 1. The van der Waals surface area contributed by atoms with Crippen LogP contribution < -0.4 is 16.8 Å². The Balaban J connectivity index is 2.93. The van der Waals surface area contributed by atoms with Gasteiger partial charge in [-0.05, 0) is 30.4 Å². The van der Waals surface area contributed by atoms with E-state index in [9.17, 15) is 0 Å². The molecule has 0 amide bonds. The summed E-state index contributed by atoms with van der Waals surface area (Å²) in [4.78, 5) is 0. The summed E-state index contributed by atoms with van der Waals surface area (Å²) in [6.07, 6.45) is 0. The molecule has 1 aromatic rings. The quantitative estimate of drug-likeness (QED) is 0.477. The minimum absolute atomic E-state index is 0.182. The number of hydrogen-bond acceptors (Lipinski definition) is 2. The summed E-state index contributed by atoms with van der Waals surface area (Å²) in [6, 6.07) is 5.06. The monoisotopic (exact) mass is 201 g/mol. The van der Waals surface area contributed by atoms with Gasteiger partial charge in [0.15, 0.2) is 5.11 Å². The van der Waals surface area contributed by atoms with Gasteiger partial charge < -0.3 is 16.8 Å². The van der Waals surface area contributed by atoms with Crippen LogP contribution in [0.25, 0.3) is 0 Å². The third-order valence-corrected chi connectivity index (χ3v) is 1.67. The fraction of sp³-hybridized carbons (Fsp3) is 0. The van der Waals surface area contributed by atoms with E-state index >= 15 is 0 Å². The Labute approximate surface area is 80.7 Å². The third kappa shape index (κ3) is 2.25. The lowest BCUT2D eigenvalue weighted by Gasteiger charge is -2.05. The van der Waals surface area contributed by atoms with E-state index in [-0.39, 0.29) is 5.11 Å². The van der Waals surface area contributed by atoms with Crippen molar-refractivity contribution in [3.8, 4) is 0 Å². The number of hydrogen-bond donors (Lipinski definition) is 3. The number of rotatable bonds is 1. The first kappa shape index (κ1) is 9.09. The molecule has 0 bridgehead atoms. The SMILES string of the molecule is NC(=S)Nc1ccc(N)cc1Cl. The minimum atomic E-state index is 0.182. The Morgan fingerprint density at radius 2 is 2.17 bits per heavy atom. The molecule has 3 nitrogen and oxygen atoms in total. The number of benzene rings is 1. The van der Waals surface area contributed by atoms with Gasteiger partial charge in [-0.15, -0.1) is 0 Å². The number of thiocarbonyl (C=S) groups is 1. The van der Waals surface area contributed by atoms with Crippen LogP contribution in [0.4, 0.5) is 11.4 Å². The summed E-state index contributed by atoms with van der Waals surface area (Å²) < 4.78 is 0. The zero-order valence-corrected chi connectivity index (χ0v) is 7.75. The van der Waals surface area contributed by atoms with Gasteiger partial charge >= 0.3 is 0 Å². The minimum Gasteiger partial charge on any atom is -0.399 e. The summed E-state index contributed by atoms with van der Waals surface area (Å²) >= 11 is 10.5. The zero-order chi connectivity index (χ0) is 9.14. The van der Waals surface area contributed by atoms with Crippen molar-refractivity contribution in [1.29, 1.82) is 0 Å². The van der Waals surface area contributed by atoms with Crippen molar-refractivity contribution in [1.82, 2.24) is 0 Å². The topological polar surface area (TPSA) is 64.1 Å². The van der Waals surface area contributed by atoms with Crippen LogP contribution in [-0.4, -0.2) is 5.11 Å². The van der Waals surface area contributed by atoms with Gasteiger partial charge in [0.1, 0.15) is 0 Å². The van der Waals surface area contributed by atoms with Crippen LogP contribution in [0.1, 0.15) is 0 Å². The molecule has 0 fully saturated rings. The fourth-order valence-electron chi connectivity index (χ4n) is 0.765. The Bertz CT molecular complexity index is 314. The van der Waals surface area contributed by atoms with E-state index in [2.05, 4.69) is 17.5 Å². The average Bonchev–Trinajstić information content (AvgIpc) is 1.94. The maximum atomic E-state index is 5.82. The maximum Gasteiger partial charge on any atom is 0.168 e. The predicted molar refractivity (Wildman–Crippen MR) is 56.3 cm³/mol. The second kappa shape index (κ2) is 3.60. The highest BCUT2D eigenvalue weighted by Crippen LogP contribution is 2.23. The largest absolute Gasteiger partial charge is 0.399 e. The smallest absolute Gasteiger partial charge is 0.168 e. The molecule has 0 heterocycles. The van der Waals surface area contributed by atoms with Crippen molar-refractivity contribution in [3.05, 3.63) is 23.2 Å². The van der Waals surface area contributed by atoms with Crippen molar-refractivity contribution >= 4 is 40.3 Å². The van der Waals surface area contributed by atoms with Crippen LogP contribution >= 0.6 is 23.8 Å². The maximum absolute atomic E-state index is 5.82. The first-order valence-electron chi connectivity index (χ1n) is 3.21. The molecule has 0 spiro atoms. The van der Waals surface area contributed by atoms with Gasteiger partial charge in [0.2, 0.25) is 0 Å². The summed E-state index contributed by atoms with van der Waals surface area (Å²) in [6.45, 7) is 0. The second-order valence-electron chi connectivity index (χ2n) is 2.23. The van der Waals surface area contributed by atoms with E-state index in [4.69, 9.17) is 23.1 Å². The van der Waals surface area contributed by atoms with Crippen LogP contribution in [0.15, 0.2) is 18.2 Å². The van der Waals surface area contributed by atoms with E-state index in [0.717, 1.165) is 0 Å². The fourth-order valence-corrected chi connectivity index (χ4v) is 1.11. The highest BCUT2D eigenvalue weighted by Gasteiger charge is 1.99. The van der Waals surface area contributed by atoms with Crippen molar-refractivity contribution in [2.75, 3.05) is 11.1 Å². The highest BCUT2D eigenvalue weighted by atomic mass is 35.5. The van der Waals surface area contributed by atoms with Crippen molar-refractivity contribution < 1.29 is 0 Å². The van der Waals surface area contributed by atoms with Gasteiger partial charge in [-0.3, -0.25) is 0 Å². The first-order valence-corrected chi connectivity index (χ1v) is 3.99. The highest BCUT2D eigenvalue weighted by molar-refractivity contribution is 7.80. The van der Waals surface area contributed by atoms with Crippen LogP contribution in [0.3, 0.4) is 0 Å². The van der Waals surface area contributed by atoms with Gasteiger partial charge in [0, 0.05) is 5.69 Å². The number of anilines is 2. The lowest BCUT2D eigenvalue weighted by molar-refractivity contribution is 1.60. The van der Waals surface area contributed by atoms with Crippen molar-refractivity contribution in [2.45, 2.75) is 0 Å². The van der Waals surface area contributed by atoms with E-state index in [1.54, 1.807) is 18.2 Å². The number of halogens is 1. The lowest BCUT2D eigenvalue weighted by atomic mass is 10.3. The molecule has 12 heavy (non-hydrogen) atoms. The molecular weight excluding hydrogens is 194 g/mol. The molecule has 5 N–H and O–H groups in total. The van der Waals surface area contributed by atoms with Gasteiger partial charge in [-0.1, -0.05) is 11.6 Å². The average molecular weight is 202 g/mol. The van der Waals surface area contributed by atoms with Gasteiger partial charge in [0.05, 0.1) is 10.7 Å². The second-order valence-corrected chi connectivity index (χ2v) is 3.08. The Hall–Kier alpha value is -1.00. The van der Waals surface area contributed by atoms with Gasteiger partial charge in [-0.25, -0.2) is 0 Å². The van der Waals surface area contributed by atoms with Crippen LogP contribution in [0.2, 0.25) is 5.02 Å². The zero-order valence-electron chi connectivity index (χ0n) is 6.17. The number of nitrogens with one attached hydrogen (secondary N) is 1. The van der Waals surface area contributed by atoms with E-state index in [0.29, 0.717) is 16.4 Å². The number of nitrogens with two attached hydrogens (primary N) is 2. The third-order valence-electron chi connectivity index (χ3n) is 1.25. The molecule has 0 aliphatic rings. The molecule has 0 saturated heterocycles. The molecule has 0 aliphatic heterocycles. The Kier molecular flexibility index (Phi) is 2.73. The molecule has 1 rings (SSSR count). The molecule has 64 valence electrons. The summed E-state index contributed by atoms with van der Waals surface area (Å²) in [5, 5.41) is 3.41. The van der Waals surface area contributed by atoms with Gasteiger partial charge in [-0.2, -0.15) is 0 Å². The molecule has 0 aromatic heterocycles. The van der Waals surface area contributed by atoms with E-state index in [1.807, 2.05) is 0 Å². The molecular formula is C7H8ClN3S. The van der Waals surface area contributed by atoms with Crippen LogP contribution in [0.5, 0.6) is 0 Å². The Morgan fingerprint density at radius 1 is 1.50 bits per heavy atom. The predicted octanol–water partition coefficient (Wildman–Crippen LogP) is 1.58. The molecule has 0 unspecified atom stereocenters. The van der Waals surface area contributed by atoms with E-state index in [1.165, 1.54) is 0 Å². The van der Waals surface area contributed by atoms with Gasteiger partial charge in [0.25, 0.3) is 0 Å². The van der Waals surface area contributed by atoms with Crippen molar-refractivity contribution in [3.63, 3.8) is 0 Å². The molecule has 1 aromatic carbocycles. The van der Waals surface area contributed by atoms with E-state index < -0.39 is 0 Å². The van der Waals surface area contributed by atoms with Crippen LogP contribution in [-0.2, 0) is 0 Å². The standard InChI is InChI=1S/C7H8ClN3S/c8-5-3-4(9)1-2-6(5)11-7(10)12/h1-3H,9H2,(H3,10,11,12). The molecule has 0 atom stereocenters. The molecule has 0 saturated carbocycles. The Morgan fingerprint density at radius 3 is 2.67 bits per heavy atom. The summed E-state index contributed by atoms with van der Waals surface area (Å²) in [7, 11) is 0. The summed E-state index contributed by atoms with van der Waals surface area (Å²) in [5.41, 5.74) is 12.0. The molecule has 0 aliphatic carbocycles. The van der Waals surface area contributed by atoms with Crippen LogP contribution in [0, 0.1) is 0 Å². The normalized spacial score (nSPS) is 9.42. The first-order chi connectivity index (χ1) is 5.59. The molecule has 0 radical (unpaired) electrons. The lowest BCUT2D eigenvalue weighted by Crippen LogP contribution is -2.19. The molecule has 5 heteroatoms.